The van der Waals surface area contributed by atoms with Crippen LogP contribution in [0.4, 0.5) is 4.39 Å². The molecule has 0 aliphatic heterocycles. The van der Waals surface area contributed by atoms with Gasteiger partial charge in [-0.05, 0) is 36.5 Å². The third-order valence-corrected chi connectivity index (χ3v) is 3.38. The maximum Gasteiger partial charge on any atom is 0.123 e. The van der Waals surface area contributed by atoms with Gasteiger partial charge in [0, 0.05) is 6.04 Å². The van der Waals surface area contributed by atoms with Gasteiger partial charge in [-0.3, -0.25) is 0 Å². The predicted molar refractivity (Wildman–Crippen MR) is 77.4 cm³/mol. The monoisotopic (exact) mass is 267 g/mol. The number of nitrogens with two attached hydrogens (primary N) is 1. The predicted octanol–water partition coefficient (Wildman–Crippen LogP) is 4.06. The number of benzene rings is 1. The van der Waals surface area contributed by atoms with Crippen LogP contribution < -0.4 is 5.73 Å². The van der Waals surface area contributed by atoms with Crippen LogP contribution in [0.15, 0.2) is 24.3 Å². The van der Waals surface area contributed by atoms with Crippen LogP contribution in [0, 0.1) is 11.7 Å². The van der Waals surface area contributed by atoms with Crippen LogP contribution in [0.5, 0.6) is 0 Å². The fourth-order valence-electron chi connectivity index (χ4n) is 2.21. The van der Waals surface area contributed by atoms with Crippen molar-refractivity contribution in [3.8, 4) is 0 Å². The summed E-state index contributed by atoms with van der Waals surface area (Å²) in [6.45, 7) is 7.03. The third-order valence-electron chi connectivity index (χ3n) is 3.38. The first-order valence-corrected chi connectivity index (χ1v) is 7.21. The van der Waals surface area contributed by atoms with Gasteiger partial charge in [0.05, 0.1) is 12.7 Å². The molecule has 0 amide bonds. The fraction of sp³-hybridized carbons (Fsp3) is 0.625. The highest BCUT2D eigenvalue weighted by atomic mass is 19.1. The molecule has 3 unspecified atom stereocenters. The number of rotatable bonds is 8. The van der Waals surface area contributed by atoms with Crippen molar-refractivity contribution in [1.29, 1.82) is 0 Å². The van der Waals surface area contributed by atoms with E-state index in [4.69, 9.17) is 10.5 Å². The van der Waals surface area contributed by atoms with Crippen LogP contribution in [-0.4, -0.2) is 12.6 Å². The molecule has 3 atom stereocenters. The lowest BCUT2D eigenvalue weighted by Gasteiger charge is -2.25. The standard InChI is InChI=1S/C16H26FNO/c1-4-7-12(3)11-19-16(15(18)5-2)13-8-6-9-14(17)10-13/h6,8-10,12,15-16H,4-5,7,11,18H2,1-3H3. The Morgan fingerprint density at radius 2 is 2.05 bits per heavy atom. The maximum atomic E-state index is 13.3. The number of hydrogen-bond acceptors (Lipinski definition) is 2. The Bertz CT molecular complexity index is 370. The SMILES string of the molecule is CCCC(C)COC(c1cccc(F)c1)C(N)CC. The summed E-state index contributed by atoms with van der Waals surface area (Å²) in [5.74, 6) is 0.265. The lowest BCUT2D eigenvalue weighted by molar-refractivity contribution is 0.0130. The minimum atomic E-state index is -0.240. The molecule has 19 heavy (non-hydrogen) atoms. The molecule has 108 valence electrons. The highest BCUT2D eigenvalue weighted by Gasteiger charge is 2.20. The van der Waals surface area contributed by atoms with Crippen LogP contribution in [0.2, 0.25) is 0 Å². The van der Waals surface area contributed by atoms with Gasteiger partial charge in [-0.25, -0.2) is 4.39 Å². The van der Waals surface area contributed by atoms with Crippen molar-refractivity contribution >= 4 is 0 Å². The van der Waals surface area contributed by atoms with Gasteiger partial charge >= 0.3 is 0 Å². The van der Waals surface area contributed by atoms with E-state index in [1.165, 1.54) is 12.1 Å². The third kappa shape index (κ3) is 5.29. The van der Waals surface area contributed by atoms with Crippen molar-refractivity contribution in [2.75, 3.05) is 6.61 Å². The van der Waals surface area contributed by atoms with Gasteiger partial charge in [-0.15, -0.1) is 0 Å². The zero-order chi connectivity index (χ0) is 14.3. The van der Waals surface area contributed by atoms with Gasteiger partial charge < -0.3 is 10.5 Å². The second-order valence-electron chi connectivity index (χ2n) is 5.27. The second kappa shape index (κ2) is 8.28. The molecular weight excluding hydrogens is 241 g/mol. The molecule has 0 spiro atoms. The molecule has 0 bridgehead atoms. The molecule has 1 aromatic rings. The summed E-state index contributed by atoms with van der Waals surface area (Å²) >= 11 is 0. The Kier molecular flexibility index (Phi) is 7.03. The van der Waals surface area contributed by atoms with Crippen LogP contribution >= 0.6 is 0 Å². The Balaban J connectivity index is 2.72. The number of hydrogen-bond donors (Lipinski definition) is 1. The van der Waals surface area contributed by atoms with Crippen molar-refractivity contribution in [1.82, 2.24) is 0 Å². The van der Waals surface area contributed by atoms with Crippen molar-refractivity contribution < 1.29 is 9.13 Å². The molecule has 1 rings (SSSR count). The molecule has 2 nitrogen and oxygen atoms in total. The number of ether oxygens (including phenoxy) is 1. The molecule has 0 aliphatic carbocycles. The van der Waals surface area contributed by atoms with Crippen molar-refractivity contribution in [3.05, 3.63) is 35.6 Å². The van der Waals surface area contributed by atoms with Crippen molar-refractivity contribution in [3.63, 3.8) is 0 Å². The minimum Gasteiger partial charge on any atom is -0.372 e. The molecular formula is C16H26FNO. The van der Waals surface area contributed by atoms with E-state index in [-0.39, 0.29) is 18.0 Å². The first-order valence-electron chi connectivity index (χ1n) is 7.21. The molecule has 0 radical (unpaired) electrons. The largest absolute Gasteiger partial charge is 0.372 e. The highest BCUT2D eigenvalue weighted by molar-refractivity contribution is 5.20. The maximum absolute atomic E-state index is 13.3. The fourth-order valence-corrected chi connectivity index (χ4v) is 2.21. The van der Waals surface area contributed by atoms with E-state index in [2.05, 4.69) is 13.8 Å². The van der Waals surface area contributed by atoms with E-state index in [1.807, 2.05) is 13.0 Å². The van der Waals surface area contributed by atoms with Gasteiger partial charge in [0.25, 0.3) is 0 Å². The molecule has 0 fully saturated rings. The van der Waals surface area contributed by atoms with Crippen LogP contribution in [-0.2, 0) is 4.74 Å². The molecule has 3 heteroatoms. The molecule has 0 aliphatic rings. The van der Waals surface area contributed by atoms with Gasteiger partial charge in [-0.1, -0.05) is 39.3 Å². The summed E-state index contributed by atoms with van der Waals surface area (Å²) in [5.41, 5.74) is 6.94. The van der Waals surface area contributed by atoms with Crippen molar-refractivity contribution in [2.45, 2.75) is 52.2 Å². The Morgan fingerprint density at radius 3 is 2.63 bits per heavy atom. The van der Waals surface area contributed by atoms with Crippen molar-refractivity contribution in [2.24, 2.45) is 11.7 Å². The average molecular weight is 267 g/mol. The zero-order valence-electron chi connectivity index (χ0n) is 12.2. The Labute approximate surface area is 116 Å². The van der Waals surface area contributed by atoms with Gasteiger partial charge in [0.2, 0.25) is 0 Å². The zero-order valence-corrected chi connectivity index (χ0v) is 12.2. The van der Waals surface area contributed by atoms with E-state index in [9.17, 15) is 4.39 Å². The van der Waals surface area contributed by atoms with E-state index in [0.29, 0.717) is 12.5 Å². The van der Waals surface area contributed by atoms with E-state index >= 15 is 0 Å². The number of halogens is 1. The normalized spacial score (nSPS) is 16.1. The van der Waals surface area contributed by atoms with Crippen LogP contribution in [0.1, 0.15) is 51.7 Å². The van der Waals surface area contributed by atoms with Gasteiger partial charge in [0.15, 0.2) is 0 Å². The van der Waals surface area contributed by atoms with Crippen LogP contribution in [0.3, 0.4) is 0 Å². The first-order chi connectivity index (χ1) is 9.08. The molecule has 0 aromatic heterocycles. The van der Waals surface area contributed by atoms with E-state index in [1.54, 1.807) is 6.07 Å². The minimum absolute atomic E-state index is 0.101. The summed E-state index contributed by atoms with van der Waals surface area (Å²) < 4.78 is 19.3. The smallest absolute Gasteiger partial charge is 0.123 e. The molecule has 1 aromatic carbocycles. The summed E-state index contributed by atoms with van der Waals surface area (Å²) in [6.07, 6.45) is 2.87. The lowest BCUT2D eigenvalue weighted by atomic mass is 10.00. The van der Waals surface area contributed by atoms with Gasteiger partial charge in [0.1, 0.15) is 5.82 Å². The van der Waals surface area contributed by atoms with Gasteiger partial charge in [-0.2, -0.15) is 0 Å². The summed E-state index contributed by atoms with van der Waals surface area (Å²) in [4.78, 5) is 0. The van der Waals surface area contributed by atoms with Crippen LogP contribution in [0.25, 0.3) is 0 Å². The Hall–Kier alpha value is -0.930. The Morgan fingerprint density at radius 1 is 1.32 bits per heavy atom. The first kappa shape index (κ1) is 16.1. The highest BCUT2D eigenvalue weighted by Crippen LogP contribution is 2.24. The molecule has 0 saturated carbocycles. The van der Waals surface area contributed by atoms with E-state index in [0.717, 1.165) is 24.8 Å². The summed E-state index contributed by atoms with van der Waals surface area (Å²) in [5, 5.41) is 0. The molecule has 0 saturated heterocycles. The summed E-state index contributed by atoms with van der Waals surface area (Å²) in [7, 11) is 0. The summed E-state index contributed by atoms with van der Waals surface area (Å²) in [6, 6.07) is 6.45. The lowest BCUT2D eigenvalue weighted by Crippen LogP contribution is -2.30. The average Bonchev–Trinajstić information content (AvgIpc) is 2.39. The quantitative estimate of drug-likeness (QED) is 0.771. The topological polar surface area (TPSA) is 35.2 Å². The molecule has 0 heterocycles. The second-order valence-corrected chi connectivity index (χ2v) is 5.27. The molecule has 2 N–H and O–H groups in total. The van der Waals surface area contributed by atoms with E-state index < -0.39 is 0 Å².